The maximum atomic E-state index is 13.1. The highest BCUT2D eigenvalue weighted by molar-refractivity contribution is 6.15. The van der Waals surface area contributed by atoms with Crippen LogP contribution in [0.25, 0.3) is 6.08 Å². The second-order valence-corrected chi connectivity index (χ2v) is 7.76. The molecule has 0 amide bonds. The third kappa shape index (κ3) is 3.50. The van der Waals surface area contributed by atoms with Crippen LogP contribution in [-0.2, 0) is 13.1 Å². The van der Waals surface area contributed by atoms with Gasteiger partial charge in [-0.15, -0.1) is 0 Å². The van der Waals surface area contributed by atoms with Crippen LogP contribution in [0.3, 0.4) is 0 Å². The zero-order chi connectivity index (χ0) is 22.2. The van der Waals surface area contributed by atoms with Gasteiger partial charge in [-0.05, 0) is 48.9 Å². The molecular weight excluding hydrogens is 410 g/mol. The van der Waals surface area contributed by atoms with Gasteiger partial charge in [0.15, 0.2) is 17.3 Å². The normalized spacial score (nSPS) is 16.3. The van der Waals surface area contributed by atoms with Crippen molar-refractivity contribution in [2.45, 2.75) is 20.0 Å². The zero-order valence-electron chi connectivity index (χ0n) is 18.1. The first-order valence-corrected chi connectivity index (χ1v) is 10.3. The summed E-state index contributed by atoms with van der Waals surface area (Å²) in [5, 5.41) is 0. The summed E-state index contributed by atoms with van der Waals surface area (Å²) in [6.45, 7) is 3.66. The van der Waals surface area contributed by atoms with E-state index in [1.165, 1.54) is 0 Å². The van der Waals surface area contributed by atoms with Gasteiger partial charge in [0.1, 0.15) is 24.0 Å². The molecule has 3 aromatic rings. The minimum Gasteiger partial charge on any atom is -0.493 e. The second kappa shape index (κ2) is 8.09. The predicted molar refractivity (Wildman–Crippen MR) is 117 cm³/mol. The lowest BCUT2D eigenvalue weighted by atomic mass is 10.00. The number of hydrogen-bond acceptors (Lipinski definition) is 7. The number of ether oxygens (including phenoxy) is 4. The molecule has 0 aliphatic carbocycles. The summed E-state index contributed by atoms with van der Waals surface area (Å²) in [4.78, 5) is 15.3. The van der Waals surface area contributed by atoms with Gasteiger partial charge in [0, 0.05) is 17.7 Å². The predicted octanol–water partition coefficient (Wildman–Crippen LogP) is 4.57. The first-order valence-electron chi connectivity index (χ1n) is 10.3. The van der Waals surface area contributed by atoms with Crippen LogP contribution in [0, 0.1) is 6.92 Å². The third-order valence-electron chi connectivity index (χ3n) is 5.67. The number of rotatable bonds is 5. The van der Waals surface area contributed by atoms with Gasteiger partial charge in [-0.2, -0.15) is 0 Å². The van der Waals surface area contributed by atoms with Crippen molar-refractivity contribution < 1.29 is 28.2 Å². The zero-order valence-corrected chi connectivity index (χ0v) is 18.1. The van der Waals surface area contributed by atoms with Crippen molar-refractivity contribution in [3.05, 3.63) is 76.4 Å². The molecule has 2 aliphatic rings. The summed E-state index contributed by atoms with van der Waals surface area (Å²) < 4.78 is 28.1. The molecule has 0 bridgehead atoms. The number of carbonyl (C=O) groups excluding carboxylic acids is 1. The fourth-order valence-electron chi connectivity index (χ4n) is 4.11. The lowest BCUT2D eigenvalue weighted by Gasteiger charge is -2.29. The Hall–Kier alpha value is -3.71. The van der Waals surface area contributed by atoms with Crippen molar-refractivity contribution >= 4 is 11.9 Å². The number of nitrogens with zero attached hydrogens (tertiary/aromatic N) is 1. The van der Waals surface area contributed by atoms with E-state index >= 15 is 0 Å². The molecule has 32 heavy (non-hydrogen) atoms. The van der Waals surface area contributed by atoms with Gasteiger partial charge in [-0.1, -0.05) is 6.07 Å². The summed E-state index contributed by atoms with van der Waals surface area (Å²) in [5.74, 6) is 3.53. The smallest absolute Gasteiger partial charge is 0.231 e. The molecule has 0 radical (unpaired) electrons. The molecule has 3 heterocycles. The molecule has 7 nitrogen and oxygen atoms in total. The standard InChI is InChI=1S/C25H23NO6/c1-15-24-17(12-26(14-31-24)13-18-5-4-8-30-18)11-19-23(27)22(32-25(15)19)10-16-6-7-20(28-2)21(9-16)29-3/h4-11H,12-14H2,1-3H3/b22-10+. The van der Waals surface area contributed by atoms with Crippen molar-refractivity contribution in [2.24, 2.45) is 0 Å². The van der Waals surface area contributed by atoms with Gasteiger partial charge in [0.05, 0.1) is 32.6 Å². The Labute approximate surface area is 185 Å². The topological polar surface area (TPSA) is 70.4 Å². The summed E-state index contributed by atoms with van der Waals surface area (Å²) in [5.41, 5.74) is 3.13. The summed E-state index contributed by atoms with van der Waals surface area (Å²) >= 11 is 0. The van der Waals surface area contributed by atoms with Crippen LogP contribution >= 0.6 is 0 Å². The van der Waals surface area contributed by atoms with Crippen molar-refractivity contribution in [3.8, 4) is 23.0 Å². The molecule has 164 valence electrons. The number of benzene rings is 2. The molecule has 5 rings (SSSR count). The first kappa shape index (κ1) is 20.2. The number of methoxy groups -OCH3 is 2. The number of Topliss-reactive ketones (excluding diaryl/α,β-unsaturated/α-hetero) is 1. The average molecular weight is 433 g/mol. The number of furan rings is 1. The molecule has 0 fully saturated rings. The molecule has 0 spiro atoms. The highest BCUT2D eigenvalue weighted by Gasteiger charge is 2.33. The van der Waals surface area contributed by atoms with Crippen LogP contribution in [0.1, 0.15) is 32.8 Å². The Bertz CT molecular complexity index is 1210. The van der Waals surface area contributed by atoms with E-state index in [-0.39, 0.29) is 11.5 Å². The minimum absolute atomic E-state index is 0.149. The average Bonchev–Trinajstić information content (AvgIpc) is 3.42. The fraction of sp³-hybridized carbons (Fsp3) is 0.240. The molecule has 0 saturated heterocycles. The quantitative estimate of drug-likeness (QED) is 0.546. The SMILES string of the molecule is COc1ccc(/C=C2/Oc3c(cc4c(c3C)OCN(Cc3ccco3)C4)C2=O)cc1OC. The fourth-order valence-corrected chi connectivity index (χ4v) is 4.11. The molecule has 0 saturated carbocycles. The Balaban J connectivity index is 1.43. The van der Waals surface area contributed by atoms with Gasteiger partial charge in [0.2, 0.25) is 5.78 Å². The molecular formula is C25H23NO6. The Kier molecular flexibility index (Phi) is 5.11. The molecule has 1 aromatic heterocycles. The number of ketones is 1. The summed E-state index contributed by atoms with van der Waals surface area (Å²) in [7, 11) is 3.16. The highest BCUT2D eigenvalue weighted by atomic mass is 16.5. The largest absolute Gasteiger partial charge is 0.493 e. The van der Waals surface area contributed by atoms with E-state index < -0.39 is 0 Å². The maximum Gasteiger partial charge on any atom is 0.231 e. The summed E-state index contributed by atoms with van der Waals surface area (Å²) in [6, 6.07) is 11.1. The van der Waals surface area contributed by atoms with Gasteiger partial charge >= 0.3 is 0 Å². The Morgan fingerprint density at radius 1 is 1.09 bits per heavy atom. The number of hydrogen-bond donors (Lipinski definition) is 0. The van der Waals surface area contributed by atoms with E-state index in [9.17, 15) is 4.79 Å². The van der Waals surface area contributed by atoms with E-state index in [1.54, 1.807) is 38.7 Å². The third-order valence-corrected chi connectivity index (χ3v) is 5.67. The van der Waals surface area contributed by atoms with Gasteiger partial charge in [-0.25, -0.2) is 0 Å². The van der Waals surface area contributed by atoms with Crippen molar-refractivity contribution in [3.63, 3.8) is 0 Å². The molecule has 2 aliphatic heterocycles. The maximum absolute atomic E-state index is 13.1. The van der Waals surface area contributed by atoms with Crippen LogP contribution in [0.4, 0.5) is 0 Å². The van der Waals surface area contributed by atoms with Gasteiger partial charge in [-0.3, -0.25) is 9.69 Å². The Morgan fingerprint density at radius 2 is 1.94 bits per heavy atom. The minimum atomic E-state index is -0.149. The number of carbonyl (C=O) groups is 1. The van der Waals surface area contributed by atoms with E-state index in [1.807, 2.05) is 31.2 Å². The van der Waals surface area contributed by atoms with Crippen molar-refractivity contribution in [2.75, 3.05) is 21.0 Å². The molecule has 0 atom stereocenters. The molecule has 7 heteroatoms. The van der Waals surface area contributed by atoms with Crippen LogP contribution in [0.15, 0.2) is 52.8 Å². The molecule has 0 unspecified atom stereocenters. The lowest BCUT2D eigenvalue weighted by Crippen LogP contribution is -2.31. The van der Waals surface area contributed by atoms with Crippen LogP contribution in [0.5, 0.6) is 23.0 Å². The first-order chi connectivity index (χ1) is 15.6. The van der Waals surface area contributed by atoms with E-state index in [0.717, 1.165) is 28.2 Å². The number of allylic oxidation sites excluding steroid dienone is 1. The van der Waals surface area contributed by atoms with E-state index in [2.05, 4.69) is 4.90 Å². The summed E-state index contributed by atoms with van der Waals surface area (Å²) in [6.07, 6.45) is 3.38. The van der Waals surface area contributed by atoms with Crippen molar-refractivity contribution in [1.29, 1.82) is 0 Å². The monoisotopic (exact) mass is 433 g/mol. The molecule has 2 aromatic carbocycles. The van der Waals surface area contributed by atoms with E-state index in [4.69, 9.17) is 23.4 Å². The van der Waals surface area contributed by atoms with E-state index in [0.29, 0.717) is 42.6 Å². The van der Waals surface area contributed by atoms with Crippen molar-refractivity contribution in [1.82, 2.24) is 4.90 Å². The number of fused-ring (bicyclic) bond motifs is 2. The van der Waals surface area contributed by atoms with Crippen LogP contribution in [0.2, 0.25) is 0 Å². The second-order valence-electron chi connectivity index (χ2n) is 7.76. The molecule has 0 N–H and O–H groups in total. The Morgan fingerprint density at radius 3 is 2.69 bits per heavy atom. The van der Waals surface area contributed by atoms with Crippen LogP contribution < -0.4 is 18.9 Å². The van der Waals surface area contributed by atoms with Gasteiger partial charge < -0.3 is 23.4 Å². The van der Waals surface area contributed by atoms with Crippen LogP contribution in [-0.4, -0.2) is 31.6 Å². The lowest BCUT2D eigenvalue weighted by molar-refractivity contribution is 0.0813. The highest BCUT2D eigenvalue weighted by Crippen LogP contribution is 2.43. The van der Waals surface area contributed by atoms with Gasteiger partial charge in [0.25, 0.3) is 0 Å².